The van der Waals surface area contributed by atoms with Gasteiger partial charge in [0.2, 0.25) is 23.6 Å². The minimum Gasteiger partial charge on any atom is -0.495 e. The number of benzene rings is 1. The van der Waals surface area contributed by atoms with E-state index in [2.05, 4.69) is 5.32 Å². The molecule has 4 heterocycles. The third kappa shape index (κ3) is 15.2. The van der Waals surface area contributed by atoms with Crippen molar-refractivity contribution in [3.05, 3.63) is 57.0 Å². The number of nitrogens with one attached hydrogen (secondary N) is 1. The van der Waals surface area contributed by atoms with Gasteiger partial charge in [-0.2, -0.15) is 11.8 Å². The Morgan fingerprint density at radius 2 is 1.63 bits per heavy atom. The normalized spacial score (nSPS) is 26.9. The van der Waals surface area contributed by atoms with E-state index in [4.69, 9.17) is 46.9 Å². The number of sulfonamides is 1. The second-order valence-corrected chi connectivity index (χ2v) is 23.9. The van der Waals surface area contributed by atoms with Crippen molar-refractivity contribution in [2.24, 2.45) is 5.92 Å². The van der Waals surface area contributed by atoms with E-state index < -0.39 is 86.0 Å². The predicted molar refractivity (Wildman–Crippen MR) is 286 cm³/mol. The third-order valence-electron chi connectivity index (χ3n) is 14.3. The number of likely N-dealkylation sites (N-methyl/N-ethyl adjacent to an activating group) is 3. The Kier molecular flexibility index (Phi) is 21.7. The number of nitrogens with zero attached hydrogens (tertiary/aromatic N) is 5. The molecule has 76 heavy (non-hydrogen) atoms. The number of carbonyl (C=O) groups excluding carboxylic acids is 7. The Balaban J connectivity index is 1.15. The zero-order valence-corrected chi connectivity index (χ0v) is 47.9. The van der Waals surface area contributed by atoms with E-state index in [1.54, 1.807) is 59.3 Å². The van der Waals surface area contributed by atoms with Crippen LogP contribution < -0.4 is 15.0 Å². The van der Waals surface area contributed by atoms with E-state index in [0.29, 0.717) is 61.7 Å². The monoisotopic (exact) mass is 1140 g/mol. The summed E-state index contributed by atoms with van der Waals surface area (Å²) in [6.45, 7) is 7.44. The first kappa shape index (κ1) is 61.9. The molecule has 0 unspecified atom stereocenters. The van der Waals surface area contributed by atoms with E-state index in [1.807, 2.05) is 13.0 Å². The molecule has 4 aliphatic rings. The molecular formula is C51H72Cl2N6O15S2. The van der Waals surface area contributed by atoms with Crippen molar-refractivity contribution >= 4 is 92.3 Å². The summed E-state index contributed by atoms with van der Waals surface area (Å²) in [5.74, 6) is -2.10. The van der Waals surface area contributed by atoms with Crippen molar-refractivity contribution in [1.82, 2.24) is 24.3 Å². The van der Waals surface area contributed by atoms with Gasteiger partial charge in [-0.1, -0.05) is 60.3 Å². The van der Waals surface area contributed by atoms with Gasteiger partial charge in [0.25, 0.3) is 15.9 Å². The lowest BCUT2D eigenvalue weighted by atomic mass is 9.83. The SMILES string of the molecule is COc1cc2cc(c1Cl)N(C)C(=O)C[C@H](OC(=O)[C@H](C)N(C)C(=O)CCSCCC(=O)N(C)CCN(C)C(=O)CCCCCN1C(=O)C=C(Cl)S1(=O)=O)[C@@]1(C)O[C@H]1[C@H](C)[C@@H]1C[C@@](O)(NC(=O)O1)[C@H](OC)/C=C/C=C(\C)C2. The molecule has 2 N–H and O–H groups in total. The number of methoxy groups -OCH3 is 2. The number of rotatable bonds is 20. The fourth-order valence-electron chi connectivity index (χ4n) is 9.15. The number of amides is 6. The molecule has 21 nitrogen and oxygen atoms in total. The van der Waals surface area contributed by atoms with Crippen LogP contribution in [0.3, 0.4) is 0 Å². The lowest BCUT2D eigenvalue weighted by Gasteiger charge is -2.42. The topological polar surface area (TPSA) is 252 Å². The van der Waals surface area contributed by atoms with Gasteiger partial charge in [-0.15, -0.1) is 0 Å². The van der Waals surface area contributed by atoms with Gasteiger partial charge in [0, 0.05) is 104 Å². The van der Waals surface area contributed by atoms with Crippen molar-refractivity contribution in [3.63, 3.8) is 0 Å². The molecule has 0 spiro atoms. The largest absolute Gasteiger partial charge is 0.495 e. The number of carbonyl (C=O) groups is 7. The van der Waals surface area contributed by atoms with Gasteiger partial charge in [-0.25, -0.2) is 22.3 Å². The maximum absolute atomic E-state index is 14.3. The number of unbranched alkanes of at least 4 members (excludes halogenated alkanes) is 2. The van der Waals surface area contributed by atoms with Gasteiger partial charge < -0.3 is 48.4 Å². The Morgan fingerprint density at radius 1 is 0.987 bits per heavy atom. The number of fused-ring (bicyclic) bond motifs is 5. The molecule has 6 amide bonds. The van der Waals surface area contributed by atoms with E-state index in [9.17, 15) is 47.1 Å². The van der Waals surface area contributed by atoms with E-state index in [0.717, 1.165) is 21.5 Å². The number of hydrogen-bond donors (Lipinski definition) is 2. The minimum atomic E-state index is -3.97. The molecule has 2 saturated heterocycles. The molecule has 2 fully saturated rings. The molecule has 25 heteroatoms. The molecule has 4 aliphatic heterocycles. The molecule has 4 bridgehead atoms. The van der Waals surface area contributed by atoms with Gasteiger partial charge >= 0.3 is 12.1 Å². The van der Waals surface area contributed by atoms with Crippen LogP contribution >= 0.6 is 35.0 Å². The molecule has 0 saturated carbocycles. The number of ether oxygens (including phenoxy) is 5. The Morgan fingerprint density at radius 3 is 2.25 bits per heavy atom. The van der Waals surface area contributed by atoms with Crippen molar-refractivity contribution in [2.75, 3.05) is 78.5 Å². The van der Waals surface area contributed by atoms with Gasteiger partial charge in [0.15, 0.2) is 10.1 Å². The average molecular weight is 1140 g/mol. The summed E-state index contributed by atoms with van der Waals surface area (Å²) >= 11 is 13.8. The van der Waals surface area contributed by atoms with Crippen LogP contribution in [-0.4, -0.2) is 189 Å². The van der Waals surface area contributed by atoms with E-state index in [1.165, 1.54) is 59.6 Å². The van der Waals surface area contributed by atoms with Crippen molar-refractivity contribution in [3.8, 4) is 5.75 Å². The summed E-state index contributed by atoms with van der Waals surface area (Å²) in [7, 11) is 5.21. The number of hydrogen-bond acceptors (Lipinski definition) is 16. The number of alkyl carbamates (subject to hydrolysis) is 1. The van der Waals surface area contributed by atoms with Gasteiger partial charge in [0.05, 0.1) is 25.3 Å². The molecule has 5 rings (SSSR count). The third-order valence-corrected chi connectivity index (χ3v) is 18.0. The quantitative estimate of drug-likeness (QED) is 0.101. The molecular weight excluding hydrogens is 1070 g/mol. The molecule has 1 aromatic carbocycles. The lowest BCUT2D eigenvalue weighted by molar-refractivity contribution is -0.162. The smallest absolute Gasteiger partial charge is 0.409 e. The van der Waals surface area contributed by atoms with Crippen LogP contribution in [-0.2, 0) is 64.2 Å². The van der Waals surface area contributed by atoms with Crippen LogP contribution in [0.1, 0.15) is 84.6 Å². The summed E-state index contributed by atoms with van der Waals surface area (Å²) in [4.78, 5) is 98.0. The fraction of sp³-hybridized carbons (Fsp3) is 0.627. The summed E-state index contributed by atoms with van der Waals surface area (Å²) in [6, 6.07) is 2.44. The van der Waals surface area contributed by atoms with Gasteiger partial charge in [-0.05, 0) is 57.7 Å². The highest BCUT2D eigenvalue weighted by atomic mass is 35.5. The number of esters is 1. The molecule has 1 aromatic rings. The van der Waals surface area contributed by atoms with Crippen LogP contribution in [0, 0.1) is 5.92 Å². The first-order valence-corrected chi connectivity index (χ1v) is 28.4. The molecule has 0 aromatic heterocycles. The van der Waals surface area contributed by atoms with E-state index >= 15 is 0 Å². The predicted octanol–water partition coefficient (Wildman–Crippen LogP) is 4.76. The molecule has 422 valence electrons. The number of aliphatic hydroxyl groups is 1. The molecule has 8 atom stereocenters. The highest BCUT2D eigenvalue weighted by Crippen LogP contribution is 2.49. The summed E-state index contributed by atoms with van der Waals surface area (Å²) < 4.78 is 53.8. The zero-order chi connectivity index (χ0) is 56.4. The number of halogens is 2. The highest BCUT2D eigenvalue weighted by Gasteiger charge is 2.64. The minimum absolute atomic E-state index is 0.0231. The van der Waals surface area contributed by atoms with Crippen LogP contribution in [0.2, 0.25) is 5.02 Å². The summed E-state index contributed by atoms with van der Waals surface area (Å²) in [5, 5.41) is 14.5. The Labute approximate surface area is 459 Å². The second-order valence-electron chi connectivity index (χ2n) is 19.8. The van der Waals surface area contributed by atoms with Crippen LogP contribution in [0.5, 0.6) is 5.75 Å². The average Bonchev–Trinajstić information content (AvgIpc) is 4.02. The summed E-state index contributed by atoms with van der Waals surface area (Å²) in [5.41, 5.74) is -1.16. The second kappa shape index (κ2) is 26.6. The fourth-order valence-corrected chi connectivity index (χ4v) is 11.8. The number of anilines is 1. The Hall–Kier alpha value is -4.91. The van der Waals surface area contributed by atoms with Gasteiger partial charge in [0.1, 0.15) is 40.7 Å². The van der Waals surface area contributed by atoms with Gasteiger partial charge in [-0.3, -0.25) is 29.3 Å². The first-order valence-electron chi connectivity index (χ1n) is 25.0. The van der Waals surface area contributed by atoms with Crippen LogP contribution in [0.15, 0.2) is 46.4 Å². The zero-order valence-electron chi connectivity index (χ0n) is 44.8. The maximum atomic E-state index is 14.3. The summed E-state index contributed by atoms with van der Waals surface area (Å²) in [6.07, 6.45) is 3.13. The number of epoxide rings is 1. The van der Waals surface area contributed by atoms with Crippen molar-refractivity contribution in [2.45, 2.75) is 127 Å². The van der Waals surface area contributed by atoms with Crippen molar-refractivity contribution in [1.29, 1.82) is 0 Å². The van der Waals surface area contributed by atoms with Crippen molar-refractivity contribution < 1.29 is 70.8 Å². The standard InChI is InChI=1S/C51H72Cl2N6O15S2/c1-31-15-14-16-38(71-10)51(67)30-37(72-49(66)54-51)32(2)47-50(4,74-47)39(28-44(63)58(8)35-26-34(25-31)27-36(70-9)46(35)53)73-48(65)33(3)57(7)43(62)19-24-75-23-18-42(61)56(6)22-21-55(5)41(60)17-12-11-13-20-59-45(64)29-40(52)76(59,68)69/h14-16,26-27,29,32-33,37-39,47,67H,11-13,17-25,28,30H2,1-10H3,(H,54,66)/b16-14+,31-15+/t32-,33+,37+,38-,39+,47+,50-,51+/m1/s1. The maximum Gasteiger partial charge on any atom is 0.409 e. The molecule has 0 aliphatic carbocycles. The Bertz CT molecular complexity index is 2570. The lowest BCUT2D eigenvalue weighted by Crippen LogP contribution is -2.63. The number of allylic oxidation sites excluding steroid dienone is 3. The first-order chi connectivity index (χ1) is 35.7. The van der Waals surface area contributed by atoms with E-state index in [-0.39, 0.29) is 61.4 Å². The van der Waals surface area contributed by atoms with Crippen LogP contribution in [0.4, 0.5) is 10.5 Å². The number of thioether (sulfide) groups is 1. The highest BCUT2D eigenvalue weighted by molar-refractivity contribution is 7.99. The van der Waals surface area contributed by atoms with Crippen LogP contribution in [0.25, 0.3) is 0 Å². The molecule has 0 radical (unpaired) electrons.